The summed E-state index contributed by atoms with van der Waals surface area (Å²) in [6, 6.07) is 17.0. The van der Waals surface area contributed by atoms with E-state index in [0.29, 0.717) is 15.7 Å². The molecule has 3 rings (SSSR count). The van der Waals surface area contributed by atoms with Crippen molar-refractivity contribution in [3.8, 4) is 17.0 Å². The molecular formula is C19H17N3O3S. The first-order chi connectivity index (χ1) is 12.7. The van der Waals surface area contributed by atoms with E-state index in [-0.39, 0.29) is 0 Å². The normalized spacial score (nSPS) is 10.7. The number of rotatable bonds is 6. The summed E-state index contributed by atoms with van der Waals surface area (Å²) in [5.41, 5.74) is 5.20. The Labute approximate surface area is 155 Å². The van der Waals surface area contributed by atoms with E-state index in [1.54, 1.807) is 13.3 Å². The van der Waals surface area contributed by atoms with Gasteiger partial charge >= 0.3 is 5.97 Å². The largest absolute Gasteiger partial charge is 0.497 e. The van der Waals surface area contributed by atoms with Gasteiger partial charge in [-0.05, 0) is 29.8 Å². The Morgan fingerprint density at radius 1 is 1.12 bits per heavy atom. The monoisotopic (exact) mass is 367 g/mol. The number of hydrogen-bond acceptors (Lipinski definition) is 7. The Morgan fingerprint density at radius 3 is 2.50 bits per heavy atom. The summed E-state index contributed by atoms with van der Waals surface area (Å²) in [7, 11) is 2.97. The van der Waals surface area contributed by atoms with Crippen molar-refractivity contribution in [3.05, 3.63) is 65.0 Å². The number of ether oxygens (including phenoxy) is 2. The molecule has 26 heavy (non-hydrogen) atoms. The number of aromatic nitrogens is 1. The molecule has 0 bridgehead atoms. The lowest BCUT2D eigenvalue weighted by Crippen LogP contribution is -2.00. The van der Waals surface area contributed by atoms with Crippen molar-refractivity contribution < 1.29 is 14.3 Å². The number of methoxy groups -OCH3 is 2. The van der Waals surface area contributed by atoms with E-state index in [9.17, 15) is 4.79 Å². The molecule has 1 N–H and O–H groups in total. The topological polar surface area (TPSA) is 72.8 Å². The van der Waals surface area contributed by atoms with Crippen LogP contribution in [-0.4, -0.2) is 31.4 Å². The molecule has 1 heterocycles. The fourth-order valence-corrected chi connectivity index (χ4v) is 3.10. The van der Waals surface area contributed by atoms with E-state index in [1.165, 1.54) is 18.4 Å². The van der Waals surface area contributed by atoms with Crippen LogP contribution in [0.5, 0.6) is 5.75 Å². The van der Waals surface area contributed by atoms with Gasteiger partial charge in [0.15, 0.2) is 0 Å². The van der Waals surface area contributed by atoms with Crippen LogP contribution in [0.1, 0.15) is 15.2 Å². The van der Waals surface area contributed by atoms with Gasteiger partial charge in [0.1, 0.15) is 10.6 Å². The van der Waals surface area contributed by atoms with E-state index >= 15 is 0 Å². The Kier molecular flexibility index (Phi) is 5.60. The summed E-state index contributed by atoms with van der Waals surface area (Å²) in [6.07, 6.45) is 1.67. The van der Waals surface area contributed by atoms with E-state index in [2.05, 4.69) is 15.5 Å². The third kappa shape index (κ3) is 4.07. The Balaban J connectivity index is 1.80. The molecule has 6 nitrogen and oxygen atoms in total. The maximum absolute atomic E-state index is 12.0. The van der Waals surface area contributed by atoms with Crippen LogP contribution in [0, 0.1) is 0 Å². The summed E-state index contributed by atoms with van der Waals surface area (Å²) in [4.78, 5) is 17.0. The van der Waals surface area contributed by atoms with Gasteiger partial charge < -0.3 is 9.47 Å². The van der Waals surface area contributed by atoms with Crippen molar-refractivity contribution in [2.75, 3.05) is 19.6 Å². The molecule has 3 aromatic rings. The number of carbonyl (C=O) groups is 1. The summed E-state index contributed by atoms with van der Waals surface area (Å²) in [5, 5.41) is 4.69. The number of nitrogens with one attached hydrogen (secondary N) is 1. The molecule has 0 unspecified atom stereocenters. The summed E-state index contributed by atoms with van der Waals surface area (Å²) in [5.74, 6) is 0.360. The van der Waals surface area contributed by atoms with Gasteiger partial charge in [-0.2, -0.15) is 5.10 Å². The van der Waals surface area contributed by atoms with Crippen LogP contribution >= 0.6 is 11.3 Å². The second-order valence-corrected chi connectivity index (χ2v) is 6.20. The number of esters is 1. The second-order valence-electron chi connectivity index (χ2n) is 5.20. The number of anilines is 1. The Bertz CT molecular complexity index is 906. The first-order valence-electron chi connectivity index (χ1n) is 7.79. The summed E-state index contributed by atoms with van der Waals surface area (Å²) >= 11 is 1.20. The quantitative estimate of drug-likeness (QED) is 0.404. The lowest BCUT2D eigenvalue weighted by atomic mass is 10.1. The van der Waals surface area contributed by atoms with E-state index < -0.39 is 5.97 Å². The molecule has 0 atom stereocenters. The first kappa shape index (κ1) is 17.6. The molecule has 0 aliphatic rings. The highest BCUT2D eigenvalue weighted by molar-refractivity contribution is 7.17. The predicted octanol–water partition coefficient (Wildman–Crippen LogP) is 4.05. The molecule has 2 aromatic carbocycles. The zero-order chi connectivity index (χ0) is 18.4. The van der Waals surface area contributed by atoms with Crippen molar-refractivity contribution in [2.24, 2.45) is 5.10 Å². The molecule has 0 saturated carbocycles. The molecule has 7 heteroatoms. The number of thiazole rings is 1. The first-order valence-corrected chi connectivity index (χ1v) is 8.60. The molecule has 0 aliphatic heterocycles. The fourth-order valence-electron chi connectivity index (χ4n) is 2.24. The fraction of sp³-hybridized carbons (Fsp3) is 0.105. The zero-order valence-corrected chi connectivity index (χ0v) is 15.1. The number of nitrogens with zero attached hydrogens (tertiary/aromatic N) is 2. The minimum absolute atomic E-state index is 0.423. The van der Waals surface area contributed by atoms with Crippen molar-refractivity contribution in [3.63, 3.8) is 0 Å². The molecule has 0 fully saturated rings. The van der Waals surface area contributed by atoms with Gasteiger partial charge in [-0.25, -0.2) is 9.78 Å². The third-order valence-corrected chi connectivity index (χ3v) is 4.47. The molecule has 0 saturated heterocycles. The van der Waals surface area contributed by atoms with Gasteiger partial charge in [0, 0.05) is 5.56 Å². The Hall–Kier alpha value is -3.19. The summed E-state index contributed by atoms with van der Waals surface area (Å²) < 4.78 is 9.98. The molecule has 0 amide bonds. The van der Waals surface area contributed by atoms with Crippen molar-refractivity contribution in [1.82, 2.24) is 4.98 Å². The summed E-state index contributed by atoms with van der Waals surface area (Å²) in [6.45, 7) is 0. The second kappa shape index (κ2) is 8.26. The number of benzene rings is 2. The van der Waals surface area contributed by atoms with Crippen molar-refractivity contribution in [1.29, 1.82) is 0 Å². The third-order valence-electron chi connectivity index (χ3n) is 3.53. The van der Waals surface area contributed by atoms with Gasteiger partial charge in [0.2, 0.25) is 5.13 Å². The molecule has 0 spiro atoms. The molecule has 132 valence electrons. The van der Waals surface area contributed by atoms with E-state index in [0.717, 1.165) is 16.9 Å². The zero-order valence-electron chi connectivity index (χ0n) is 14.3. The van der Waals surface area contributed by atoms with Gasteiger partial charge in [-0.15, -0.1) is 0 Å². The van der Waals surface area contributed by atoms with Crippen LogP contribution < -0.4 is 10.2 Å². The average Bonchev–Trinajstić information content (AvgIpc) is 3.13. The van der Waals surface area contributed by atoms with Gasteiger partial charge in [-0.3, -0.25) is 5.43 Å². The van der Waals surface area contributed by atoms with Gasteiger partial charge in [-0.1, -0.05) is 41.7 Å². The molecule has 0 aliphatic carbocycles. The van der Waals surface area contributed by atoms with E-state index in [1.807, 2.05) is 54.6 Å². The highest BCUT2D eigenvalue weighted by atomic mass is 32.1. The van der Waals surface area contributed by atoms with Crippen LogP contribution in [-0.2, 0) is 4.74 Å². The van der Waals surface area contributed by atoms with Crippen LogP contribution in [0.3, 0.4) is 0 Å². The molecule has 1 aromatic heterocycles. The highest BCUT2D eigenvalue weighted by Gasteiger charge is 2.19. The number of carbonyl (C=O) groups excluding carboxylic acids is 1. The van der Waals surface area contributed by atoms with Gasteiger partial charge in [0.25, 0.3) is 0 Å². The van der Waals surface area contributed by atoms with Gasteiger partial charge in [0.05, 0.1) is 26.1 Å². The predicted molar refractivity (Wildman–Crippen MR) is 103 cm³/mol. The standard InChI is InChI=1S/C19H17N3O3S/c1-24-15-10-8-13(9-11-15)12-20-22-19-21-16(14-6-4-3-5-7-14)17(26-19)18(23)25-2/h3-12H,1-2H3,(H,21,22)/b20-12-. The maximum Gasteiger partial charge on any atom is 0.350 e. The van der Waals surface area contributed by atoms with Crippen LogP contribution in [0.4, 0.5) is 5.13 Å². The lowest BCUT2D eigenvalue weighted by Gasteiger charge is -1.99. The maximum atomic E-state index is 12.0. The highest BCUT2D eigenvalue weighted by Crippen LogP contribution is 2.31. The average molecular weight is 367 g/mol. The van der Waals surface area contributed by atoms with Crippen LogP contribution in [0.15, 0.2) is 59.7 Å². The lowest BCUT2D eigenvalue weighted by molar-refractivity contribution is 0.0607. The van der Waals surface area contributed by atoms with Crippen molar-refractivity contribution >= 4 is 28.7 Å². The minimum Gasteiger partial charge on any atom is -0.497 e. The van der Waals surface area contributed by atoms with Crippen LogP contribution in [0.2, 0.25) is 0 Å². The van der Waals surface area contributed by atoms with Crippen LogP contribution in [0.25, 0.3) is 11.3 Å². The smallest absolute Gasteiger partial charge is 0.350 e. The number of hydrazone groups is 1. The molecular weight excluding hydrogens is 350 g/mol. The minimum atomic E-state index is -0.423. The molecule has 0 radical (unpaired) electrons. The van der Waals surface area contributed by atoms with E-state index in [4.69, 9.17) is 9.47 Å². The SMILES string of the molecule is COC(=O)c1sc(N/N=C\c2ccc(OC)cc2)nc1-c1ccccc1. The number of hydrogen-bond donors (Lipinski definition) is 1. The van der Waals surface area contributed by atoms with Crippen molar-refractivity contribution in [2.45, 2.75) is 0 Å². The Morgan fingerprint density at radius 2 is 1.85 bits per heavy atom.